The molecule has 3 nitrogen and oxygen atoms in total. The number of thiol groups is 1. The summed E-state index contributed by atoms with van der Waals surface area (Å²) in [5.74, 6) is -0.194. The largest absolute Gasteiger partial charge is 0.389 e. The fourth-order valence-electron chi connectivity index (χ4n) is 1.64. The van der Waals surface area contributed by atoms with Gasteiger partial charge in [-0.15, -0.1) is 12.6 Å². The van der Waals surface area contributed by atoms with Gasteiger partial charge in [0.2, 0.25) is 0 Å². The van der Waals surface area contributed by atoms with Crippen LogP contribution in [0.5, 0.6) is 0 Å². The van der Waals surface area contributed by atoms with Crippen LogP contribution in [0.15, 0.2) is 23.1 Å². The summed E-state index contributed by atoms with van der Waals surface area (Å²) >= 11 is 10.2. The molecule has 0 aliphatic carbocycles. The zero-order chi connectivity index (χ0) is 13.9. The van der Waals surface area contributed by atoms with Crippen molar-refractivity contribution < 1.29 is 9.90 Å². The fraction of sp³-hybridized carbons (Fsp3) is 0.462. The van der Waals surface area contributed by atoms with E-state index in [1.807, 2.05) is 6.92 Å². The van der Waals surface area contributed by atoms with Gasteiger partial charge in [0.1, 0.15) is 0 Å². The predicted octanol–water partition coefficient (Wildman–Crippen LogP) is 2.86. The highest BCUT2D eigenvalue weighted by atomic mass is 35.5. The Hall–Kier alpha value is -0.710. The van der Waals surface area contributed by atoms with Crippen LogP contribution in [0.25, 0.3) is 0 Å². The van der Waals surface area contributed by atoms with Crippen molar-refractivity contribution in [1.29, 1.82) is 0 Å². The van der Waals surface area contributed by atoms with E-state index in [0.717, 1.165) is 0 Å². The lowest BCUT2D eigenvalue weighted by Crippen LogP contribution is -2.42. The summed E-state index contributed by atoms with van der Waals surface area (Å²) in [6.45, 7) is 5.96. The molecule has 0 unspecified atom stereocenters. The molecule has 1 rings (SSSR count). The minimum absolute atomic E-state index is 0.194. The van der Waals surface area contributed by atoms with Gasteiger partial charge >= 0.3 is 0 Å². The summed E-state index contributed by atoms with van der Waals surface area (Å²) in [6.07, 6.45) is 0. The zero-order valence-corrected chi connectivity index (χ0v) is 12.4. The maximum Gasteiger partial charge on any atom is 0.255 e. The summed E-state index contributed by atoms with van der Waals surface area (Å²) in [4.78, 5) is 14.6. The molecular weight excluding hydrogens is 270 g/mol. The molecule has 100 valence electrons. The molecule has 0 saturated heterocycles. The Morgan fingerprint density at radius 1 is 1.50 bits per heavy atom. The molecule has 0 fully saturated rings. The quantitative estimate of drug-likeness (QED) is 0.836. The average molecular weight is 288 g/mol. The van der Waals surface area contributed by atoms with Crippen molar-refractivity contribution >= 4 is 30.1 Å². The van der Waals surface area contributed by atoms with Crippen LogP contribution in [-0.2, 0) is 0 Å². The lowest BCUT2D eigenvalue weighted by Gasteiger charge is -2.28. The smallest absolute Gasteiger partial charge is 0.255 e. The van der Waals surface area contributed by atoms with Crippen molar-refractivity contribution in [3.8, 4) is 0 Å². The van der Waals surface area contributed by atoms with Crippen molar-refractivity contribution in [2.45, 2.75) is 31.3 Å². The average Bonchev–Trinajstić information content (AvgIpc) is 2.27. The van der Waals surface area contributed by atoms with Crippen LogP contribution < -0.4 is 0 Å². The van der Waals surface area contributed by atoms with Crippen LogP contribution in [0.3, 0.4) is 0 Å². The van der Waals surface area contributed by atoms with Gasteiger partial charge in [0.15, 0.2) is 0 Å². The van der Waals surface area contributed by atoms with Crippen molar-refractivity contribution in [1.82, 2.24) is 4.90 Å². The molecule has 0 bridgehead atoms. The molecule has 0 atom stereocenters. The molecule has 0 aliphatic heterocycles. The van der Waals surface area contributed by atoms with Crippen LogP contribution in [0.1, 0.15) is 31.1 Å². The minimum atomic E-state index is -0.934. The minimum Gasteiger partial charge on any atom is -0.389 e. The first-order chi connectivity index (χ1) is 8.24. The van der Waals surface area contributed by atoms with E-state index in [4.69, 9.17) is 11.6 Å². The molecule has 0 spiro atoms. The first-order valence-corrected chi connectivity index (χ1v) is 6.57. The summed E-state index contributed by atoms with van der Waals surface area (Å²) in [6, 6.07) is 5.02. The first kappa shape index (κ1) is 15.3. The number of halogens is 1. The van der Waals surface area contributed by atoms with E-state index in [-0.39, 0.29) is 12.5 Å². The van der Waals surface area contributed by atoms with Gasteiger partial charge in [0, 0.05) is 18.0 Å². The fourth-order valence-corrected chi connectivity index (χ4v) is 2.04. The molecule has 1 aromatic carbocycles. The Bertz CT molecular complexity index is 443. The number of carbonyl (C=O) groups excluding carboxylic acids is 1. The van der Waals surface area contributed by atoms with Gasteiger partial charge in [-0.2, -0.15) is 0 Å². The molecular formula is C13H18ClNO2S. The van der Waals surface area contributed by atoms with E-state index in [1.54, 1.807) is 36.9 Å². The predicted molar refractivity (Wildman–Crippen MR) is 76.6 cm³/mol. The topological polar surface area (TPSA) is 40.5 Å². The normalized spacial score (nSPS) is 11.4. The van der Waals surface area contributed by atoms with Gasteiger partial charge in [-0.1, -0.05) is 11.6 Å². The monoisotopic (exact) mass is 287 g/mol. The maximum atomic E-state index is 12.3. The number of nitrogens with zero attached hydrogens (tertiary/aromatic N) is 1. The molecule has 0 heterocycles. The standard InChI is InChI=1S/C13H18ClNO2S/c1-4-15(8-13(2,3)17)12(16)10-7-9(18)5-6-11(10)14/h5-7,17-18H,4,8H2,1-3H3. The molecule has 1 amide bonds. The molecule has 5 heteroatoms. The van der Waals surface area contributed by atoms with E-state index in [1.165, 1.54) is 0 Å². The number of rotatable bonds is 4. The number of likely N-dealkylation sites (N-methyl/N-ethyl adjacent to an activating group) is 1. The van der Waals surface area contributed by atoms with E-state index < -0.39 is 5.60 Å². The third-order valence-electron chi connectivity index (χ3n) is 2.43. The molecule has 18 heavy (non-hydrogen) atoms. The van der Waals surface area contributed by atoms with Crippen LogP contribution in [0.4, 0.5) is 0 Å². The molecule has 0 saturated carbocycles. The lowest BCUT2D eigenvalue weighted by atomic mass is 10.1. The Balaban J connectivity index is 3.00. The zero-order valence-electron chi connectivity index (χ0n) is 10.8. The molecule has 0 aromatic heterocycles. The van der Waals surface area contributed by atoms with Crippen molar-refractivity contribution in [2.24, 2.45) is 0 Å². The summed E-state index contributed by atoms with van der Waals surface area (Å²) in [5.41, 5.74) is -0.522. The number of aliphatic hydroxyl groups is 1. The summed E-state index contributed by atoms with van der Waals surface area (Å²) in [7, 11) is 0. The second-order valence-electron chi connectivity index (χ2n) is 4.80. The van der Waals surface area contributed by atoms with Gasteiger partial charge in [-0.3, -0.25) is 4.79 Å². The highest BCUT2D eigenvalue weighted by Gasteiger charge is 2.23. The second-order valence-corrected chi connectivity index (χ2v) is 5.72. The second kappa shape index (κ2) is 5.95. The molecule has 1 N–H and O–H groups in total. The van der Waals surface area contributed by atoms with Crippen LogP contribution >= 0.6 is 24.2 Å². The third-order valence-corrected chi connectivity index (χ3v) is 3.03. The number of hydrogen-bond acceptors (Lipinski definition) is 3. The summed E-state index contributed by atoms with van der Waals surface area (Å²) in [5, 5.41) is 10.2. The first-order valence-electron chi connectivity index (χ1n) is 5.75. The van der Waals surface area contributed by atoms with E-state index in [9.17, 15) is 9.90 Å². The lowest BCUT2D eigenvalue weighted by molar-refractivity contribution is 0.0314. The van der Waals surface area contributed by atoms with Crippen molar-refractivity contribution in [3.05, 3.63) is 28.8 Å². The van der Waals surface area contributed by atoms with Crippen molar-refractivity contribution in [2.75, 3.05) is 13.1 Å². The molecule has 1 aromatic rings. The highest BCUT2D eigenvalue weighted by Crippen LogP contribution is 2.22. The van der Waals surface area contributed by atoms with Gasteiger partial charge in [0.25, 0.3) is 5.91 Å². The van der Waals surface area contributed by atoms with Gasteiger partial charge in [-0.25, -0.2) is 0 Å². The van der Waals surface area contributed by atoms with Gasteiger partial charge in [-0.05, 0) is 39.0 Å². The van der Waals surface area contributed by atoms with E-state index in [0.29, 0.717) is 22.0 Å². The molecule has 0 aliphatic rings. The van der Waals surface area contributed by atoms with E-state index >= 15 is 0 Å². The van der Waals surface area contributed by atoms with Crippen LogP contribution in [0.2, 0.25) is 5.02 Å². The number of benzene rings is 1. The number of hydrogen-bond donors (Lipinski definition) is 2. The number of carbonyl (C=O) groups is 1. The third kappa shape index (κ3) is 4.19. The van der Waals surface area contributed by atoms with Gasteiger partial charge < -0.3 is 10.0 Å². The SMILES string of the molecule is CCN(CC(C)(C)O)C(=O)c1cc(S)ccc1Cl. The number of amides is 1. The Morgan fingerprint density at radius 2 is 2.11 bits per heavy atom. The molecule has 0 radical (unpaired) electrons. The Kier molecular flexibility index (Phi) is 5.08. The van der Waals surface area contributed by atoms with Crippen LogP contribution in [0, 0.1) is 0 Å². The Labute approximate surface area is 118 Å². The van der Waals surface area contributed by atoms with E-state index in [2.05, 4.69) is 12.6 Å². The maximum absolute atomic E-state index is 12.3. The Morgan fingerprint density at radius 3 is 2.61 bits per heavy atom. The summed E-state index contributed by atoms with van der Waals surface area (Å²) < 4.78 is 0. The highest BCUT2D eigenvalue weighted by molar-refractivity contribution is 7.80. The van der Waals surface area contributed by atoms with Gasteiger partial charge in [0.05, 0.1) is 16.2 Å². The van der Waals surface area contributed by atoms with Crippen molar-refractivity contribution in [3.63, 3.8) is 0 Å². The van der Waals surface area contributed by atoms with Crippen LogP contribution in [-0.4, -0.2) is 34.6 Å².